The van der Waals surface area contributed by atoms with E-state index in [0.29, 0.717) is 19.3 Å². The normalized spacial score (nSPS) is 12.5. The van der Waals surface area contributed by atoms with Crippen molar-refractivity contribution in [2.24, 2.45) is 16.2 Å². The SMILES string of the molecule is CCCCCCC(C)(C)C(=O)[O][Bi]([O]C(=O)C(C)(C)CCCCCC)[O]C(=O)C(C)(C)CCCCCC. The van der Waals surface area contributed by atoms with Crippen molar-refractivity contribution < 1.29 is 22.8 Å². The summed E-state index contributed by atoms with van der Waals surface area (Å²) in [5.41, 5.74) is -2.19. The molecule has 0 aromatic heterocycles. The molecule has 0 amide bonds. The molecule has 0 N–H and O–H groups in total. The monoisotopic (exact) mass is 722 g/mol. The van der Waals surface area contributed by atoms with Crippen molar-refractivity contribution in [1.29, 1.82) is 0 Å². The Labute approximate surface area is 237 Å². The van der Waals surface area contributed by atoms with Gasteiger partial charge in [-0.05, 0) is 0 Å². The number of hydrogen-bond donors (Lipinski definition) is 0. The summed E-state index contributed by atoms with van der Waals surface area (Å²) in [7, 11) is 0. The third kappa shape index (κ3) is 15.5. The average molecular weight is 723 g/mol. The molecular weight excluding hydrogens is 665 g/mol. The summed E-state index contributed by atoms with van der Waals surface area (Å²) in [5, 5.41) is 0. The van der Waals surface area contributed by atoms with E-state index in [0.717, 1.165) is 77.0 Å². The Morgan fingerprint density at radius 1 is 0.459 bits per heavy atom. The summed E-state index contributed by atoms with van der Waals surface area (Å²) in [6.07, 6.45) is 14.7. The number of rotatable bonds is 21. The summed E-state index contributed by atoms with van der Waals surface area (Å²) >= 11 is -4.19. The van der Waals surface area contributed by atoms with E-state index in [2.05, 4.69) is 20.8 Å². The van der Waals surface area contributed by atoms with Crippen LogP contribution in [0.3, 0.4) is 0 Å². The molecule has 0 aliphatic heterocycles. The van der Waals surface area contributed by atoms with E-state index in [1.165, 1.54) is 0 Å². The first-order chi connectivity index (χ1) is 17.2. The molecule has 0 bridgehead atoms. The molecule has 0 aliphatic rings. The van der Waals surface area contributed by atoms with Crippen LogP contribution in [0.5, 0.6) is 0 Å². The van der Waals surface area contributed by atoms with Gasteiger partial charge in [0, 0.05) is 0 Å². The molecule has 7 heteroatoms. The summed E-state index contributed by atoms with van der Waals surface area (Å²) < 4.78 is 17.3. The molecule has 0 atom stereocenters. The van der Waals surface area contributed by atoms with Gasteiger partial charge >= 0.3 is 239 Å². The molecular formula is C30H57BiO6. The van der Waals surface area contributed by atoms with Crippen molar-refractivity contribution in [3.63, 3.8) is 0 Å². The molecule has 6 nitrogen and oxygen atoms in total. The first kappa shape index (κ1) is 36.3. The fourth-order valence-corrected chi connectivity index (χ4v) is 8.81. The van der Waals surface area contributed by atoms with Gasteiger partial charge in [-0.15, -0.1) is 0 Å². The van der Waals surface area contributed by atoms with Crippen LogP contribution in [0.1, 0.15) is 159 Å². The fraction of sp³-hybridized carbons (Fsp3) is 0.900. The number of unbranched alkanes of at least 4 members (excludes halogenated alkanes) is 9. The van der Waals surface area contributed by atoms with Gasteiger partial charge in [0.05, 0.1) is 0 Å². The van der Waals surface area contributed by atoms with Gasteiger partial charge < -0.3 is 0 Å². The van der Waals surface area contributed by atoms with Crippen LogP contribution >= 0.6 is 0 Å². The quantitative estimate of drug-likeness (QED) is 0.0873. The molecule has 0 aromatic carbocycles. The zero-order valence-electron chi connectivity index (χ0n) is 25.5. The van der Waals surface area contributed by atoms with Crippen LogP contribution in [0.4, 0.5) is 0 Å². The molecule has 0 saturated heterocycles. The third-order valence-corrected chi connectivity index (χ3v) is 10.8. The topological polar surface area (TPSA) is 78.9 Å². The molecule has 0 fully saturated rings. The molecule has 0 aliphatic carbocycles. The standard InChI is InChI=1S/3C10H20O2.Bi/c3*1-4-5-6-7-8-10(2,3)9(11)12;/h3*4-8H2,1-3H3,(H,11,12);/q;;;+3/p-3. The second-order valence-electron chi connectivity index (χ2n) is 12.4. The van der Waals surface area contributed by atoms with Crippen LogP contribution in [0.2, 0.25) is 0 Å². The first-order valence-corrected chi connectivity index (χ1v) is 19.0. The van der Waals surface area contributed by atoms with Crippen molar-refractivity contribution in [3.8, 4) is 0 Å². The second kappa shape index (κ2) is 18.6. The van der Waals surface area contributed by atoms with E-state index in [-0.39, 0.29) is 0 Å². The van der Waals surface area contributed by atoms with Gasteiger partial charge in [0.1, 0.15) is 0 Å². The average Bonchev–Trinajstić information content (AvgIpc) is 2.82. The minimum absolute atomic E-state index is 0.441. The van der Waals surface area contributed by atoms with Crippen LogP contribution in [-0.2, 0) is 22.8 Å². The Kier molecular flexibility index (Phi) is 18.2. The van der Waals surface area contributed by atoms with Gasteiger partial charge in [0.2, 0.25) is 0 Å². The van der Waals surface area contributed by atoms with E-state index in [9.17, 15) is 14.4 Å². The van der Waals surface area contributed by atoms with Gasteiger partial charge in [0.25, 0.3) is 0 Å². The van der Waals surface area contributed by atoms with E-state index in [1.807, 2.05) is 41.5 Å². The Hall–Kier alpha value is -0.707. The third-order valence-electron chi connectivity index (χ3n) is 7.10. The van der Waals surface area contributed by atoms with Crippen molar-refractivity contribution in [2.75, 3.05) is 0 Å². The maximum atomic E-state index is 13.1. The fourth-order valence-electron chi connectivity index (χ4n) is 3.92. The van der Waals surface area contributed by atoms with Crippen molar-refractivity contribution >= 4 is 41.0 Å². The minimum atomic E-state index is -4.19. The van der Waals surface area contributed by atoms with Crippen LogP contribution in [0, 0.1) is 16.2 Å². The van der Waals surface area contributed by atoms with E-state index in [1.54, 1.807) is 0 Å². The van der Waals surface area contributed by atoms with Crippen LogP contribution in [-0.4, -0.2) is 41.0 Å². The predicted octanol–water partition coefficient (Wildman–Crippen LogP) is 8.59. The van der Waals surface area contributed by atoms with Gasteiger partial charge in [-0.25, -0.2) is 0 Å². The summed E-state index contributed by atoms with van der Waals surface area (Å²) in [6, 6.07) is 0. The molecule has 218 valence electrons. The molecule has 37 heavy (non-hydrogen) atoms. The molecule has 0 spiro atoms. The second-order valence-corrected chi connectivity index (χ2v) is 16.3. The Morgan fingerprint density at radius 2 is 0.703 bits per heavy atom. The zero-order valence-corrected chi connectivity index (χ0v) is 29.0. The Morgan fingerprint density at radius 3 is 0.919 bits per heavy atom. The van der Waals surface area contributed by atoms with Crippen LogP contribution in [0.25, 0.3) is 0 Å². The van der Waals surface area contributed by atoms with Crippen LogP contribution in [0.15, 0.2) is 0 Å². The molecule has 0 rings (SSSR count). The predicted molar refractivity (Wildman–Crippen MR) is 152 cm³/mol. The molecule has 0 saturated carbocycles. The maximum absolute atomic E-state index is 13.1. The summed E-state index contributed by atoms with van der Waals surface area (Å²) in [6.45, 7) is 17.5. The van der Waals surface area contributed by atoms with E-state index < -0.39 is 57.2 Å². The van der Waals surface area contributed by atoms with Crippen LogP contribution < -0.4 is 0 Å². The van der Waals surface area contributed by atoms with Crippen molar-refractivity contribution in [1.82, 2.24) is 0 Å². The Bertz CT molecular complexity index is 581. The van der Waals surface area contributed by atoms with E-state index >= 15 is 0 Å². The number of carbonyl (C=O) groups excluding carboxylic acids is 3. The van der Waals surface area contributed by atoms with Gasteiger partial charge in [-0.2, -0.15) is 0 Å². The number of carbonyl (C=O) groups is 3. The summed E-state index contributed by atoms with van der Waals surface area (Å²) in [4.78, 5) is 39.4. The van der Waals surface area contributed by atoms with E-state index in [4.69, 9.17) is 8.44 Å². The molecule has 0 aromatic rings. The zero-order chi connectivity index (χ0) is 28.5. The Balaban J connectivity index is 5.45. The first-order valence-electron chi connectivity index (χ1n) is 14.7. The molecule has 0 unspecified atom stereocenters. The molecule has 0 heterocycles. The van der Waals surface area contributed by atoms with Crippen molar-refractivity contribution in [2.45, 2.75) is 159 Å². The van der Waals surface area contributed by atoms with Crippen molar-refractivity contribution in [3.05, 3.63) is 0 Å². The molecule has 0 radical (unpaired) electrons. The number of hydrogen-bond acceptors (Lipinski definition) is 6. The van der Waals surface area contributed by atoms with Gasteiger partial charge in [0.15, 0.2) is 0 Å². The van der Waals surface area contributed by atoms with Gasteiger partial charge in [-0.3, -0.25) is 0 Å². The summed E-state index contributed by atoms with van der Waals surface area (Å²) in [5.74, 6) is -1.32. The van der Waals surface area contributed by atoms with Gasteiger partial charge in [-0.1, -0.05) is 0 Å².